The van der Waals surface area contributed by atoms with Crippen molar-refractivity contribution in [1.82, 2.24) is 5.32 Å². The van der Waals surface area contributed by atoms with Crippen molar-refractivity contribution in [1.29, 1.82) is 0 Å². The molecule has 1 aliphatic heterocycles. The Morgan fingerprint density at radius 1 is 1.26 bits per heavy atom. The van der Waals surface area contributed by atoms with Gasteiger partial charge in [-0.3, -0.25) is 0 Å². The number of ether oxygens (including phenoxy) is 1. The quantitative estimate of drug-likeness (QED) is 0.889. The van der Waals surface area contributed by atoms with Crippen LogP contribution in [0.2, 0.25) is 0 Å². The maximum atomic E-state index is 5.75. The van der Waals surface area contributed by atoms with Crippen LogP contribution < -0.4 is 10.1 Å². The van der Waals surface area contributed by atoms with E-state index in [9.17, 15) is 0 Å². The molecule has 19 heavy (non-hydrogen) atoms. The molecule has 3 rings (SSSR count). The summed E-state index contributed by atoms with van der Waals surface area (Å²) in [5, 5.41) is 3.79. The molecular formula is C17H25NO. The molecule has 3 unspecified atom stereocenters. The van der Waals surface area contributed by atoms with Crippen molar-refractivity contribution in [3.63, 3.8) is 0 Å². The lowest BCUT2D eigenvalue weighted by Gasteiger charge is -2.30. The molecule has 0 saturated heterocycles. The van der Waals surface area contributed by atoms with Gasteiger partial charge in [0.15, 0.2) is 0 Å². The number of nitrogens with one attached hydrogen (secondary N) is 1. The molecule has 1 fully saturated rings. The first-order valence-electron chi connectivity index (χ1n) is 7.82. The van der Waals surface area contributed by atoms with Gasteiger partial charge in [0.1, 0.15) is 5.75 Å². The minimum atomic E-state index is 0.540. The molecule has 1 aromatic rings. The molecule has 2 aliphatic rings. The van der Waals surface area contributed by atoms with Gasteiger partial charge in [-0.15, -0.1) is 0 Å². The van der Waals surface area contributed by atoms with Gasteiger partial charge in [0.2, 0.25) is 0 Å². The first kappa shape index (κ1) is 13.0. The Hall–Kier alpha value is -1.02. The van der Waals surface area contributed by atoms with Crippen LogP contribution in [0.5, 0.6) is 5.75 Å². The summed E-state index contributed by atoms with van der Waals surface area (Å²) in [5.74, 6) is 2.57. The van der Waals surface area contributed by atoms with Gasteiger partial charge in [-0.1, -0.05) is 44.4 Å². The van der Waals surface area contributed by atoms with E-state index < -0.39 is 0 Å². The number of rotatable bonds is 4. The van der Waals surface area contributed by atoms with Crippen LogP contribution in [0, 0.1) is 5.92 Å². The lowest BCUT2D eigenvalue weighted by Crippen LogP contribution is -2.36. The van der Waals surface area contributed by atoms with E-state index in [-0.39, 0.29) is 0 Å². The minimum Gasteiger partial charge on any atom is -0.493 e. The number of hydrogen-bond acceptors (Lipinski definition) is 2. The largest absolute Gasteiger partial charge is 0.493 e. The van der Waals surface area contributed by atoms with Crippen LogP contribution >= 0.6 is 0 Å². The molecule has 0 radical (unpaired) electrons. The fourth-order valence-electron chi connectivity index (χ4n) is 3.55. The normalized spacial score (nSPS) is 29.8. The second kappa shape index (κ2) is 5.96. The lowest BCUT2D eigenvalue weighted by molar-refractivity contribution is 0.267. The highest BCUT2D eigenvalue weighted by atomic mass is 16.5. The fourth-order valence-corrected chi connectivity index (χ4v) is 3.55. The second-order valence-electron chi connectivity index (χ2n) is 6.09. The van der Waals surface area contributed by atoms with Gasteiger partial charge >= 0.3 is 0 Å². The Morgan fingerprint density at radius 2 is 2.16 bits per heavy atom. The first-order chi connectivity index (χ1) is 9.36. The Bertz CT molecular complexity index is 417. The number of benzene rings is 1. The summed E-state index contributed by atoms with van der Waals surface area (Å²) in [4.78, 5) is 0. The molecule has 1 N–H and O–H groups in total. The Labute approximate surface area is 116 Å². The van der Waals surface area contributed by atoms with Gasteiger partial charge in [-0.25, -0.2) is 0 Å². The average molecular weight is 259 g/mol. The van der Waals surface area contributed by atoms with Gasteiger partial charge in [-0.2, -0.15) is 0 Å². The zero-order chi connectivity index (χ0) is 13.1. The van der Waals surface area contributed by atoms with E-state index >= 15 is 0 Å². The molecule has 2 nitrogen and oxygen atoms in total. The van der Waals surface area contributed by atoms with Crippen molar-refractivity contribution >= 4 is 0 Å². The van der Waals surface area contributed by atoms with Crippen LogP contribution in [0.15, 0.2) is 24.3 Å². The Balaban J connectivity index is 1.53. The van der Waals surface area contributed by atoms with Crippen molar-refractivity contribution in [3.8, 4) is 5.75 Å². The van der Waals surface area contributed by atoms with Gasteiger partial charge in [0.05, 0.1) is 6.61 Å². The molecule has 1 aliphatic carbocycles. The van der Waals surface area contributed by atoms with Crippen molar-refractivity contribution in [2.24, 2.45) is 5.92 Å². The Kier molecular flexibility index (Phi) is 4.07. The molecule has 0 amide bonds. The van der Waals surface area contributed by atoms with E-state index in [0.717, 1.165) is 30.9 Å². The number of fused-ring (bicyclic) bond motifs is 1. The summed E-state index contributed by atoms with van der Waals surface area (Å²) in [5.41, 5.74) is 1.39. The molecule has 0 bridgehead atoms. The van der Waals surface area contributed by atoms with Crippen molar-refractivity contribution in [2.75, 3.05) is 13.2 Å². The van der Waals surface area contributed by atoms with E-state index in [1.54, 1.807) is 0 Å². The highest BCUT2D eigenvalue weighted by Crippen LogP contribution is 2.33. The smallest absolute Gasteiger partial charge is 0.122 e. The Morgan fingerprint density at radius 3 is 3.05 bits per heavy atom. The molecule has 3 atom stereocenters. The standard InChI is InChI=1S/C17H25NO/c1-2-13-6-5-7-15(10-13)18-11-14-12-19-17-9-4-3-8-16(14)17/h3-4,8-9,13-15,18H,2,5-7,10-12H2,1H3. The van der Waals surface area contributed by atoms with E-state index in [0.29, 0.717) is 5.92 Å². The summed E-state index contributed by atoms with van der Waals surface area (Å²) in [6, 6.07) is 9.20. The van der Waals surface area contributed by atoms with Crippen LogP contribution in [0.4, 0.5) is 0 Å². The van der Waals surface area contributed by atoms with E-state index in [1.165, 1.54) is 37.7 Å². The van der Waals surface area contributed by atoms with Crippen LogP contribution in [0.1, 0.15) is 50.5 Å². The third-order valence-corrected chi connectivity index (χ3v) is 4.81. The van der Waals surface area contributed by atoms with Crippen molar-refractivity contribution < 1.29 is 4.74 Å². The zero-order valence-electron chi connectivity index (χ0n) is 11.9. The zero-order valence-corrected chi connectivity index (χ0v) is 11.9. The maximum absolute atomic E-state index is 5.75. The molecule has 104 valence electrons. The lowest BCUT2D eigenvalue weighted by atomic mass is 9.84. The van der Waals surface area contributed by atoms with Gasteiger partial charge in [0.25, 0.3) is 0 Å². The molecule has 1 heterocycles. The van der Waals surface area contributed by atoms with Gasteiger partial charge < -0.3 is 10.1 Å². The molecular weight excluding hydrogens is 234 g/mol. The van der Waals surface area contributed by atoms with Crippen LogP contribution in [-0.2, 0) is 0 Å². The van der Waals surface area contributed by atoms with Crippen LogP contribution in [0.25, 0.3) is 0 Å². The predicted octanol–water partition coefficient (Wildman–Crippen LogP) is 3.72. The predicted molar refractivity (Wildman–Crippen MR) is 78.7 cm³/mol. The molecule has 0 aromatic heterocycles. The van der Waals surface area contributed by atoms with E-state index in [4.69, 9.17) is 4.74 Å². The topological polar surface area (TPSA) is 21.3 Å². The number of para-hydroxylation sites is 1. The van der Waals surface area contributed by atoms with E-state index in [1.807, 2.05) is 0 Å². The second-order valence-corrected chi connectivity index (χ2v) is 6.09. The maximum Gasteiger partial charge on any atom is 0.122 e. The van der Waals surface area contributed by atoms with E-state index in [2.05, 4.69) is 36.5 Å². The molecule has 1 saturated carbocycles. The minimum absolute atomic E-state index is 0.540. The van der Waals surface area contributed by atoms with Crippen molar-refractivity contribution in [2.45, 2.75) is 51.0 Å². The highest BCUT2D eigenvalue weighted by molar-refractivity contribution is 5.39. The molecule has 2 heteroatoms. The van der Waals surface area contributed by atoms with Gasteiger partial charge in [-0.05, 0) is 24.8 Å². The SMILES string of the molecule is CCC1CCCC(NCC2COc3ccccc32)C1. The third-order valence-electron chi connectivity index (χ3n) is 4.81. The van der Waals surface area contributed by atoms with Crippen LogP contribution in [0.3, 0.4) is 0 Å². The third kappa shape index (κ3) is 2.94. The summed E-state index contributed by atoms with van der Waals surface area (Å²) < 4.78 is 5.75. The summed E-state index contributed by atoms with van der Waals surface area (Å²) in [6.45, 7) is 4.24. The highest BCUT2D eigenvalue weighted by Gasteiger charge is 2.26. The monoisotopic (exact) mass is 259 g/mol. The fraction of sp³-hybridized carbons (Fsp3) is 0.647. The average Bonchev–Trinajstić information content (AvgIpc) is 2.89. The first-order valence-corrected chi connectivity index (χ1v) is 7.82. The summed E-state index contributed by atoms with van der Waals surface area (Å²) in [7, 11) is 0. The van der Waals surface area contributed by atoms with Crippen molar-refractivity contribution in [3.05, 3.63) is 29.8 Å². The molecule has 0 spiro atoms. The molecule has 1 aromatic carbocycles. The van der Waals surface area contributed by atoms with Crippen LogP contribution in [-0.4, -0.2) is 19.2 Å². The number of hydrogen-bond donors (Lipinski definition) is 1. The summed E-state index contributed by atoms with van der Waals surface area (Å²) >= 11 is 0. The summed E-state index contributed by atoms with van der Waals surface area (Å²) in [6.07, 6.45) is 6.89. The van der Waals surface area contributed by atoms with Gasteiger partial charge in [0, 0.05) is 24.1 Å².